The number of nitrogens with zero attached hydrogens (tertiary/aromatic N) is 3. The molecule has 3 aromatic rings. The SMILES string of the molecule is C[C@@H](O)[C@H](NC(=O)c1ccc(-c2ncc(-c3ccc(CN4CCOCC4)cc3)cn2)cc1)C(=O)NO. The average Bonchev–Trinajstić information content (AvgIpc) is 2.92. The fourth-order valence-corrected chi connectivity index (χ4v) is 3.92. The molecule has 2 aromatic carbocycles. The molecule has 36 heavy (non-hydrogen) atoms. The number of aliphatic hydroxyl groups excluding tert-OH is 1. The predicted molar refractivity (Wildman–Crippen MR) is 132 cm³/mol. The van der Waals surface area contributed by atoms with Crippen LogP contribution in [0.15, 0.2) is 60.9 Å². The van der Waals surface area contributed by atoms with Gasteiger partial charge in [0.15, 0.2) is 5.82 Å². The highest BCUT2D eigenvalue weighted by Gasteiger charge is 2.25. The Morgan fingerprint density at radius 3 is 2.17 bits per heavy atom. The first-order valence-corrected chi connectivity index (χ1v) is 11.7. The maximum Gasteiger partial charge on any atom is 0.268 e. The number of benzene rings is 2. The topological polar surface area (TPSA) is 137 Å². The fourth-order valence-electron chi connectivity index (χ4n) is 3.92. The second-order valence-corrected chi connectivity index (χ2v) is 8.63. The van der Waals surface area contributed by atoms with E-state index in [1.54, 1.807) is 36.7 Å². The largest absolute Gasteiger partial charge is 0.391 e. The zero-order chi connectivity index (χ0) is 25.5. The van der Waals surface area contributed by atoms with E-state index < -0.39 is 24.0 Å². The Balaban J connectivity index is 1.39. The van der Waals surface area contributed by atoms with E-state index in [2.05, 4.69) is 44.5 Å². The highest BCUT2D eigenvalue weighted by atomic mass is 16.5. The Bertz CT molecular complexity index is 1160. The van der Waals surface area contributed by atoms with Crippen molar-refractivity contribution in [3.63, 3.8) is 0 Å². The molecule has 1 fully saturated rings. The lowest BCUT2D eigenvalue weighted by Crippen LogP contribution is -2.51. The van der Waals surface area contributed by atoms with E-state index in [1.165, 1.54) is 18.0 Å². The monoisotopic (exact) mass is 491 g/mol. The van der Waals surface area contributed by atoms with Gasteiger partial charge in [-0.2, -0.15) is 0 Å². The van der Waals surface area contributed by atoms with Gasteiger partial charge in [0.05, 0.1) is 19.3 Å². The van der Waals surface area contributed by atoms with E-state index >= 15 is 0 Å². The van der Waals surface area contributed by atoms with Gasteiger partial charge in [0.25, 0.3) is 11.8 Å². The Morgan fingerprint density at radius 1 is 0.972 bits per heavy atom. The highest BCUT2D eigenvalue weighted by Crippen LogP contribution is 2.22. The maximum absolute atomic E-state index is 12.4. The van der Waals surface area contributed by atoms with Gasteiger partial charge >= 0.3 is 0 Å². The maximum atomic E-state index is 12.4. The van der Waals surface area contributed by atoms with Crippen LogP contribution in [0.25, 0.3) is 22.5 Å². The van der Waals surface area contributed by atoms with Crippen molar-refractivity contribution in [2.24, 2.45) is 0 Å². The van der Waals surface area contributed by atoms with Crippen LogP contribution in [0.3, 0.4) is 0 Å². The highest BCUT2D eigenvalue weighted by molar-refractivity contribution is 5.97. The smallest absolute Gasteiger partial charge is 0.268 e. The molecule has 0 saturated carbocycles. The molecular weight excluding hydrogens is 462 g/mol. The number of carbonyl (C=O) groups is 2. The molecule has 188 valence electrons. The minimum atomic E-state index is -1.29. The summed E-state index contributed by atoms with van der Waals surface area (Å²) < 4.78 is 5.40. The number of aromatic nitrogens is 2. The average molecular weight is 492 g/mol. The Hall–Kier alpha value is -3.70. The second-order valence-electron chi connectivity index (χ2n) is 8.63. The van der Waals surface area contributed by atoms with Crippen molar-refractivity contribution >= 4 is 11.8 Å². The van der Waals surface area contributed by atoms with Gasteiger partial charge in [-0.3, -0.25) is 19.7 Å². The van der Waals surface area contributed by atoms with Gasteiger partial charge < -0.3 is 15.2 Å². The first-order valence-electron chi connectivity index (χ1n) is 11.7. The summed E-state index contributed by atoms with van der Waals surface area (Å²) in [5.41, 5.74) is 5.61. The standard InChI is InChI=1S/C26H29N5O5/c1-17(32)23(26(34)30-35)29-25(33)21-8-6-20(7-9-21)24-27-14-22(15-28-24)19-4-2-18(3-5-19)16-31-10-12-36-13-11-31/h2-9,14-15,17,23,32,35H,10-13,16H2,1H3,(H,29,33)(H,30,34)/t17-,23+/m1/s1. The zero-order valence-corrected chi connectivity index (χ0v) is 19.9. The number of rotatable bonds is 8. The minimum Gasteiger partial charge on any atom is -0.391 e. The number of hydrogen-bond acceptors (Lipinski definition) is 8. The molecule has 4 N–H and O–H groups in total. The molecule has 2 atom stereocenters. The summed E-state index contributed by atoms with van der Waals surface area (Å²) in [4.78, 5) is 35.4. The molecule has 1 aliphatic heterocycles. The van der Waals surface area contributed by atoms with Crippen LogP contribution in [0.1, 0.15) is 22.8 Å². The molecule has 0 radical (unpaired) electrons. The van der Waals surface area contributed by atoms with E-state index in [9.17, 15) is 14.7 Å². The Kier molecular flexibility index (Phi) is 8.34. The van der Waals surface area contributed by atoms with Crippen molar-refractivity contribution in [2.45, 2.75) is 25.6 Å². The number of hydroxylamine groups is 1. The van der Waals surface area contributed by atoms with Crippen molar-refractivity contribution < 1.29 is 24.6 Å². The lowest BCUT2D eigenvalue weighted by Gasteiger charge is -2.26. The summed E-state index contributed by atoms with van der Waals surface area (Å²) >= 11 is 0. The van der Waals surface area contributed by atoms with Crippen molar-refractivity contribution in [1.29, 1.82) is 0 Å². The molecule has 0 aliphatic carbocycles. The number of morpholine rings is 1. The quantitative estimate of drug-likeness (QED) is 0.276. The normalized spacial score (nSPS) is 15.6. The number of carbonyl (C=O) groups excluding carboxylic acids is 2. The third-order valence-corrected chi connectivity index (χ3v) is 6.02. The molecule has 0 spiro atoms. The van der Waals surface area contributed by atoms with Crippen molar-refractivity contribution in [2.75, 3.05) is 26.3 Å². The van der Waals surface area contributed by atoms with Crippen LogP contribution in [0.4, 0.5) is 0 Å². The number of ether oxygens (including phenoxy) is 1. The number of nitrogens with one attached hydrogen (secondary N) is 2. The third kappa shape index (κ3) is 6.29. The summed E-state index contributed by atoms with van der Waals surface area (Å²) in [6.07, 6.45) is 2.34. The lowest BCUT2D eigenvalue weighted by atomic mass is 10.1. The molecule has 10 heteroatoms. The van der Waals surface area contributed by atoms with Gasteiger partial charge in [0, 0.05) is 48.7 Å². The first-order chi connectivity index (χ1) is 17.4. The third-order valence-electron chi connectivity index (χ3n) is 6.02. The molecule has 4 rings (SSSR count). The molecule has 1 saturated heterocycles. The summed E-state index contributed by atoms with van der Waals surface area (Å²) in [7, 11) is 0. The first kappa shape index (κ1) is 25.4. The van der Waals surface area contributed by atoms with Gasteiger partial charge in [0.1, 0.15) is 6.04 Å². The van der Waals surface area contributed by atoms with Crippen LogP contribution in [-0.2, 0) is 16.1 Å². The molecule has 2 heterocycles. The van der Waals surface area contributed by atoms with Crippen LogP contribution in [0.5, 0.6) is 0 Å². The number of hydrogen-bond donors (Lipinski definition) is 4. The second kappa shape index (κ2) is 11.8. The molecule has 0 unspecified atom stereocenters. The Morgan fingerprint density at radius 2 is 1.58 bits per heavy atom. The molecule has 2 amide bonds. The van der Waals surface area contributed by atoms with Crippen LogP contribution in [-0.4, -0.2) is 75.4 Å². The van der Waals surface area contributed by atoms with Crippen molar-refractivity contribution in [3.05, 3.63) is 72.1 Å². The van der Waals surface area contributed by atoms with E-state index in [4.69, 9.17) is 9.94 Å². The van der Waals surface area contributed by atoms with E-state index in [1.807, 2.05) is 0 Å². The Labute approximate surface area is 208 Å². The fraction of sp³-hybridized carbons (Fsp3) is 0.308. The number of aliphatic hydroxyl groups is 1. The van der Waals surface area contributed by atoms with Crippen molar-refractivity contribution in [3.8, 4) is 22.5 Å². The van der Waals surface area contributed by atoms with Gasteiger partial charge in [0.2, 0.25) is 0 Å². The summed E-state index contributed by atoms with van der Waals surface area (Å²) in [5.74, 6) is -0.962. The van der Waals surface area contributed by atoms with Crippen LogP contribution in [0, 0.1) is 0 Å². The molecule has 0 bridgehead atoms. The summed E-state index contributed by atoms with van der Waals surface area (Å²) in [6.45, 7) is 5.71. The van der Waals surface area contributed by atoms with Crippen LogP contribution >= 0.6 is 0 Å². The molecule has 1 aliphatic rings. The van der Waals surface area contributed by atoms with E-state index in [0.29, 0.717) is 5.82 Å². The summed E-state index contributed by atoms with van der Waals surface area (Å²) in [5, 5.41) is 20.9. The molecule has 1 aromatic heterocycles. The van der Waals surface area contributed by atoms with Crippen molar-refractivity contribution in [1.82, 2.24) is 25.7 Å². The van der Waals surface area contributed by atoms with Crippen LogP contribution < -0.4 is 10.8 Å². The summed E-state index contributed by atoms with van der Waals surface area (Å²) in [6, 6.07) is 13.6. The van der Waals surface area contributed by atoms with Gasteiger partial charge in [-0.25, -0.2) is 15.4 Å². The molecular formula is C26H29N5O5. The zero-order valence-electron chi connectivity index (χ0n) is 19.9. The van der Waals surface area contributed by atoms with E-state index in [0.717, 1.165) is 49.5 Å². The molecule has 10 nitrogen and oxygen atoms in total. The number of amides is 2. The van der Waals surface area contributed by atoms with Crippen LogP contribution in [0.2, 0.25) is 0 Å². The van der Waals surface area contributed by atoms with Gasteiger partial charge in [-0.1, -0.05) is 36.4 Å². The van der Waals surface area contributed by atoms with Gasteiger partial charge in [-0.05, 0) is 30.2 Å². The van der Waals surface area contributed by atoms with E-state index in [-0.39, 0.29) is 5.56 Å². The van der Waals surface area contributed by atoms with Gasteiger partial charge in [-0.15, -0.1) is 0 Å². The minimum absolute atomic E-state index is 0.281. The lowest BCUT2D eigenvalue weighted by molar-refractivity contribution is -0.133. The predicted octanol–water partition coefficient (Wildman–Crippen LogP) is 1.63.